The van der Waals surface area contributed by atoms with Gasteiger partial charge in [0.1, 0.15) is 6.04 Å². The van der Waals surface area contributed by atoms with Crippen LogP contribution in [0.2, 0.25) is 0 Å². The average molecular weight is 449 g/mol. The molecule has 1 unspecified atom stereocenters. The van der Waals surface area contributed by atoms with Crippen LogP contribution in [0.1, 0.15) is 60.8 Å². The molecular formula is C24H40N4O4. The topological polar surface area (TPSA) is 122 Å². The van der Waals surface area contributed by atoms with E-state index in [9.17, 15) is 19.2 Å². The van der Waals surface area contributed by atoms with Crippen molar-refractivity contribution >= 4 is 23.5 Å². The Kier molecular flexibility index (Phi) is 7.92. The van der Waals surface area contributed by atoms with Crippen LogP contribution in [0, 0.1) is 22.7 Å². The van der Waals surface area contributed by atoms with E-state index in [2.05, 4.69) is 31.1 Å². The summed E-state index contributed by atoms with van der Waals surface area (Å²) >= 11 is 0. The molecule has 2 fully saturated rings. The molecule has 0 aromatic heterocycles. The highest BCUT2D eigenvalue weighted by atomic mass is 16.2. The van der Waals surface area contributed by atoms with Crippen molar-refractivity contribution in [2.24, 2.45) is 28.4 Å². The van der Waals surface area contributed by atoms with Gasteiger partial charge in [-0.05, 0) is 29.1 Å². The van der Waals surface area contributed by atoms with Crippen molar-refractivity contribution in [1.82, 2.24) is 15.5 Å². The number of fused-ring (bicyclic) bond motifs is 1. The normalized spacial score (nSPS) is 25.3. The lowest BCUT2D eigenvalue weighted by molar-refractivity contribution is -0.144. The molecule has 2 rings (SSSR count). The highest BCUT2D eigenvalue weighted by Gasteiger charge is 2.69. The zero-order valence-electron chi connectivity index (χ0n) is 20.4. The number of rotatable bonds is 10. The van der Waals surface area contributed by atoms with Crippen LogP contribution in [-0.4, -0.2) is 59.6 Å². The molecule has 8 heteroatoms. The number of carbonyl (C=O) groups is 4. The zero-order valence-corrected chi connectivity index (χ0v) is 20.4. The molecule has 1 saturated carbocycles. The van der Waals surface area contributed by atoms with Gasteiger partial charge >= 0.3 is 0 Å². The maximum absolute atomic E-state index is 13.4. The largest absolute Gasteiger partial charge is 0.346 e. The summed E-state index contributed by atoms with van der Waals surface area (Å²) in [4.78, 5) is 53.1. The Bertz CT molecular complexity index is 770. The van der Waals surface area contributed by atoms with E-state index in [1.807, 2.05) is 27.7 Å². The lowest BCUT2D eigenvalue weighted by Gasteiger charge is -2.36. The first-order valence-corrected chi connectivity index (χ1v) is 11.6. The Morgan fingerprint density at radius 1 is 1.25 bits per heavy atom. The Morgan fingerprint density at radius 2 is 1.88 bits per heavy atom. The van der Waals surface area contributed by atoms with Crippen molar-refractivity contribution in [2.45, 2.75) is 78.9 Å². The highest BCUT2D eigenvalue weighted by molar-refractivity contribution is 6.38. The maximum atomic E-state index is 13.4. The van der Waals surface area contributed by atoms with E-state index in [1.54, 1.807) is 4.90 Å². The summed E-state index contributed by atoms with van der Waals surface area (Å²) in [5.74, 6) is -1.83. The van der Waals surface area contributed by atoms with Gasteiger partial charge in [-0.15, -0.1) is 6.58 Å². The number of likely N-dealkylation sites (tertiary alicyclic amines) is 1. The number of piperidine rings is 1. The Labute approximate surface area is 191 Å². The summed E-state index contributed by atoms with van der Waals surface area (Å²) in [6.07, 6.45) is 3.36. The number of carbonyl (C=O) groups excluding carboxylic acids is 4. The maximum Gasteiger partial charge on any atom is 0.289 e. The molecule has 0 bridgehead atoms. The Hall–Kier alpha value is -2.22. The minimum absolute atomic E-state index is 0.00939. The molecule has 1 heterocycles. The molecule has 1 aliphatic heterocycles. The predicted octanol–water partition coefficient (Wildman–Crippen LogP) is 1.39. The van der Waals surface area contributed by atoms with Crippen molar-refractivity contribution in [3.8, 4) is 0 Å². The minimum atomic E-state index is -0.929. The molecule has 4 N–H and O–H groups in total. The van der Waals surface area contributed by atoms with Crippen molar-refractivity contribution in [3.05, 3.63) is 12.7 Å². The first-order chi connectivity index (χ1) is 14.8. The van der Waals surface area contributed by atoms with Gasteiger partial charge < -0.3 is 21.3 Å². The van der Waals surface area contributed by atoms with Crippen molar-refractivity contribution in [3.63, 3.8) is 0 Å². The third-order valence-electron chi connectivity index (χ3n) is 7.07. The highest BCUT2D eigenvalue weighted by Crippen LogP contribution is 2.65. The lowest BCUT2D eigenvalue weighted by atomic mass is 9.86. The van der Waals surface area contributed by atoms with Crippen molar-refractivity contribution in [1.29, 1.82) is 0 Å². The van der Waals surface area contributed by atoms with E-state index in [0.29, 0.717) is 19.4 Å². The van der Waals surface area contributed by atoms with Gasteiger partial charge in [-0.1, -0.05) is 60.5 Å². The first kappa shape index (κ1) is 26.0. The molecule has 0 radical (unpaired) electrons. The van der Waals surface area contributed by atoms with Gasteiger partial charge in [0.15, 0.2) is 0 Å². The quantitative estimate of drug-likeness (QED) is 0.344. The van der Waals surface area contributed by atoms with Crippen LogP contribution in [0.25, 0.3) is 0 Å². The summed E-state index contributed by atoms with van der Waals surface area (Å²) in [6, 6.07) is -2.36. The van der Waals surface area contributed by atoms with E-state index < -0.39 is 35.2 Å². The summed E-state index contributed by atoms with van der Waals surface area (Å²) in [6.45, 7) is 16.0. The summed E-state index contributed by atoms with van der Waals surface area (Å²) < 4.78 is 0. The van der Waals surface area contributed by atoms with Gasteiger partial charge in [-0.2, -0.15) is 0 Å². The second-order valence-corrected chi connectivity index (χ2v) is 10.8. The lowest BCUT2D eigenvalue weighted by Crippen LogP contribution is -2.59. The van der Waals surface area contributed by atoms with E-state index in [-0.39, 0.29) is 35.6 Å². The van der Waals surface area contributed by atoms with Gasteiger partial charge in [0.25, 0.3) is 5.91 Å². The second-order valence-electron chi connectivity index (χ2n) is 10.8. The van der Waals surface area contributed by atoms with Crippen LogP contribution >= 0.6 is 0 Å². The van der Waals surface area contributed by atoms with Gasteiger partial charge in [0, 0.05) is 13.1 Å². The van der Waals surface area contributed by atoms with E-state index >= 15 is 0 Å². The van der Waals surface area contributed by atoms with Gasteiger partial charge in [-0.3, -0.25) is 19.2 Å². The fourth-order valence-electron chi connectivity index (χ4n) is 4.71. The summed E-state index contributed by atoms with van der Waals surface area (Å²) in [5.41, 5.74) is 5.73. The van der Waals surface area contributed by atoms with E-state index in [0.717, 1.165) is 6.42 Å². The molecule has 5 atom stereocenters. The first-order valence-electron chi connectivity index (χ1n) is 11.6. The van der Waals surface area contributed by atoms with Gasteiger partial charge in [0.2, 0.25) is 17.6 Å². The smallest absolute Gasteiger partial charge is 0.289 e. The van der Waals surface area contributed by atoms with Crippen LogP contribution in [0.5, 0.6) is 0 Å². The minimum Gasteiger partial charge on any atom is -0.346 e. The molecule has 0 aromatic carbocycles. The molecule has 2 aliphatic rings. The second kappa shape index (κ2) is 9.73. The molecule has 1 saturated heterocycles. The van der Waals surface area contributed by atoms with Crippen LogP contribution in [0.3, 0.4) is 0 Å². The van der Waals surface area contributed by atoms with Crippen LogP contribution in [0.15, 0.2) is 12.7 Å². The Balaban J connectivity index is 2.22. The fraction of sp³-hybridized carbons (Fsp3) is 0.750. The van der Waals surface area contributed by atoms with E-state index in [4.69, 9.17) is 5.73 Å². The molecule has 32 heavy (non-hydrogen) atoms. The number of nitrogens with one attached hydrogen (secondary N) is 2. The zero-order chi connectivity index (χ0) is 24.4. The number of hydrogen-bond acceptors (Lipinski definition) is 5. The third kappa shape index (κ3) is 5.22. The summed E-state index contributed by atoms with van der Waals surface area (Å²) in [5, 5.41) is 5.28. The number of hydrogen-bond donors (Lipinski definition) is 3. The standard InChI is InChI=1S/C24H40N4O4/c1-8-10-11-15(18(29)21(31)26-12-9-2)27-20(30)17-16-14(24(16,6)7)13-28(17)22(32)19(25)23(3,4)5/h9,14-17,19H,2,8,10-13,25H2,1,3-7H3,(H,26,31)(H,27,30)/t14-,15?,16-,17-,19+/m0/s1. The predicted molar refractivity (Wildman–Crippen MR) is 123 cm³/mol. The fourth-order valence-corrected chi connectivity index (χ4v) is 4.71. The molecule has 0 aromatic rings. The number of ketones is 1. The number of nitrogens with zero attached hydrogens (tertiary/aromatic N) is 1. The van der Waals surface area contributed by atoms with Gasteiger partial charge in [-0.25, -0.2) is 0 Å². The monoisotopic (exact) mass is 448 g/mol. The molecule has 180 valence electrons. The van der Waals surface area contributed by atoms with E-state index in [1.165, 1.54) is 6.08 Å². The molecule has 0 spiro atoms. The van der Waals surface area contributed by atoms with Crippen molar-refractivity contribution < 1.29 is 19.2 Å². The molecule has 8 nitrogen and oxygen atoms in total. The van der Waals surface area contributed by atoms with Gasteiger partial charge in [0.05, 0.1) is 12.1 Å². The number of Topliss-reactive ketones (excluding diaryl/α,β-unsaturated/α-hetero) is 1. The van der Waals surface area contributed by atoms with Crippen LogP contribution in [-0.2, 0) is 19.2 Å². The molecule has 3 amide bonds. The third-order valence-corrected chi connectivity index (χ3v) is 7.07. The number of nitrogens with two attached hydrogens (primary N) is 1. The van der Waals surface area contributed by atoms with Crippen molar-refractivity contribution in [2.75, 3.05) is 13.1 Å². The Morgan fingerprint density at radius 3 is 2.41 bits per heavy atom. The number of amides is 3. The van der Waals surface area contributed by atoms with Crippen LogP contribution < -0.4 is 16.4 Å². The SMILES string of the molecule is C=CCNC(=O)C(=O)C(CCCC)NC(=O)[C@@H]1[C@@H]2[C@H](CN1C(=O)[C@@H](N)C(C)(C)C)C2(C)C. The number of unbranched alkanes of at least 4 members (excludes halogenated alkanes) is 1. The average Bonchev–Trinajstić information content (AvgIpc) is 3.05. The molecular weight excluding hydrogens is 408 g/mol. The molecule has 1 aliphatic carbocycles. The summed E-state index contributed by atoms with van der Waals surface area (Å²) in [7, 11) is 0. The van der Waals surface area contributed by atoms with Crippen LogP contribution in [0.4, 0.5) is 0 Å².